The molecule has 2 rings (SSSR count). The van der Waals surface area contributed by atoms with Crippen LogP contribution in [0.2, 0.25) is 0 Å². The van der Waals surface area contributed by atoms with Gasteiger partial charge in [0.1, 0.15) is 0 Å². The molecule has 124 valence electrons. The first-order valence-corrected chi connectivity index (χ1v) is 8.54. The number of nitrogens with two attached hydrogens (primary N) is 1. The fourth-order valence-corrected chi connectivity index (χ4v) is 3.74. The molecule has 0 aromatic rings. The maximum absolute atomic E-state index is 6.44. The van der Waals surface area contributed by atoms with Gasteiger partial charge in [-0.2, -0.15) is 0 Å². The van der Waals surface area contributed by atoms with Crippen LogP contribution in [0.5, 0.6) is 0 Å². The van der Waals surface area contributed by atoms with Crippen molar-refractivity contribution in [3.8, 4) is 0 Å². The van der Waals surface area contributed by atoms with E-state index in [1.54, 1.807) is 7.11 Å². The molecule has 0 bridgehead atoms. The van der Waals surface area contributed by atoms with Crippen molar-refractivity contribution in [2.75, 3.05) is 20.3 Å². The van der Waals surface area contributed by atoms with E-state index < -0.39 is 0 Å². The van der Waals surface area contributed by atoms with Crippen LogP contribution in [0.25, 0.3) is 0 Å². The Morgan fingerprint density at radius 2 is 1.86 bits per heavy atom. The van der Waals surface area contributed by atoms with Gasteiger partial charge in [0.15, 0.2) is 0 Å². The van der Waals surface area contributed by atoms with Gasteiger partial charge in [-0.1, -0.05) is 27.2 Å². The topological polar surface area (TPSA) is 53.7 Å². The maximum atomic E-state index is 6.44. The molecule has 2 N–H and O–H groups in total. The van der Waals surface area contributed by atoms with Crippen LogP contribution in [-0.2, 0) is 14.2 Å². The lowest BCUT2D eigenvalue weighted by Gasteiger charge is -2.46. The Labute approximate surface area is 129 Å². The minimum Gasteiger partial charge on any atom is -0.382 e. The summed E-state index contributed by atoms with van der Waals surface area (Å²) in [5.41, 5.74) is 6.08. The van der Waals surface area contributed by atoms with Gasteiger partial charge in [0.2, 0.25) is 0 Å². The number of rotatable bonds is 7. The minimum atomic E-state index is 0.0465. The minimum absolute atomic E-state index is 0.0465. The molecule has 2 aliphatic carbocycles. The summed E-state index contributed by atoms with van der Waals surface area (Å²) in [5.74, 6) is 2.13. The van der Waals surface area contributed by atoms with Gasteiger partial charge in [0.05, 0.1) is 31.5 Å². The lowest BCUT2D eigenvalue weighted by Crippen LogP contribution is -2.60. The second-order valence-corrected chi connectivity index (χ2v) is 7.27. The first-order valence-electron chi connectivity index (χ1n) is 8.54. The van der Waals surface area contributed by atoms with Crippen molar-refractivity contribution < 1.29 is 14.2 Å². The summed E-state index contributed by atoms with van der Waals surface area (Å²) in [6, 6.07) is 0.116. The summed E-state index contributed by atoms with van der Waals surface area (Å²) in [6.45, 7) is 8.19. The molecule has 6 unspecified atom stereocenters. The van der Waals surface area contributed by atoms with Gasteiger partial charge in [0.25, 0.3) is 0 Å². The normalized spacial score (nSPS) is 40.3. The Balaban J connectivity index is 1.86. The average molecular weight is 299 g/mol. The van der Waals surface area contributed by atoms with Crippen LogP contribution in [0.15, 0.2) is 0 Å². The highest BCUT2D eigenvalue weighted by atomic mass is 16.6. The summed E-state index contributed by atoms with van der Waals surface area (Å²) in [6.07, 6.45) is 5.32. The third-order valence-corrected chi connectivity index (χ3v) is 5.20. The largest absolute Gasteiger partial charge is 0.382 e. The number of hydrogen-bond donors (Lipinski definition) is 1. The second-order valence-electron chi connectivity index (χ2n) is 7.27. The van der Waals surface area contributed by atoms with Crippen molar-refractivity contribution in [1.82, 2.24) is 0 Å². The molecule has 0 radical (unpaired) electrons. The van der Waals surface area contributed by atoms with Crippen LogP contribution in [-0.4, -0.2) is 44.7 Å². The molecule has 0 saturated heterocycles. The molecule has 21 heavy (non-hydrogen) atoms. The molecule has 0 aromatic carbocycles. The SMILES string of the molecule is COCCOC1C(N)CC1OC1CC(C)CCC1C(C)C. The number of ether oxygens (including phenoxy) is 3. The van der Waals surface area contributed by atoms with Gasteiger partial charge >= 0.3 is 0 Å². The first kappa shape index (κ1) is 17.2. The maximum Gasteiger partial charge on any atom is 0.0989 e. The van der Waals surface area contributed by atoms with E-state index in [9.17, 15) is 0 Å². The van der Waals surface area contributed by atoms with Crippen LogP contribution in [0.3, 0.4) is 0 Å². The van der Waals surface area contributed by atoms with Crippen LogP contribution in [0.4, 0.5) is 0 Å². The molecule has 0 amide bonds. The Hall–Kier alpha value is -0.160. The van der Waals surface area contributed by atoms with E-state index in [2.05, 4.69) is 20.8 Å². The third-order valence-electron chi connectivity index (χ3n) is 5.20. The zero-order valence-electron chi connectivity index (χ0n) is 14.1. The number of hydrogen-bond acceptors (Lipinski definition) is 4. The smallest absolute Gasteiger partial charge is 0.0989 e. The summed E-state index contributed by atoms with van der Waals surface area (Å²) in [5, 5.41) is 0. The molecule has 0 heterocycles. The van der Waals surface area contributed by atoms with Gasteiger partial charge < -0.3 is 19.9 Å². The van der Waals surface area contributed by atoms with E-state index in [1.165, 1.54) is 19.3 Å². The van der Waals surface area contributed by atoms with E-state index >= 15 is 0 Å². The van der Waals surface area contributed by atoms with E-state index in [4.69, 9.17) is 19.9 Å². The van der Waals surface area contributed by atoms with Crippen molar-refractivity contribution in [2.45, 2.75) is 70.8 Å². The average Bonchev–Trinajstić information content (AvgIpc) is 2.43. The van der Waals surface area contributed by atoms with Crippen LogP contribution >= 0.6 is 0 Å². The van der Waals surface area contributed by atoms with Crippen molar-refractivity contribution in [2.24, 2.45) is 23.5 Å². The molecule has 0 spiro atoms. The van der Waals surface area contributed by atoms with Crippen LogP contribution in [0.1, 0.15) is 46.5 Å². The summed E-state index contributed by atoms with van der Waals surface area (Å²) >= 11 is 0. The van der Waals surface area contributed by atoms with E-state index in [0.717, 1.165) is 12.3 Å². The van der Waals surface area contributed by atoms with Crippen molar-refractivity contribution >= 4 is 0 Å². The van der Waals surface area contributed by atoms with Crippen molar-refractivity contribution in [1.29, 1.82) is 0 Å². The Bertz CT molecular complexity index is 310. The molecule has 4 nitrogen and oxygen atoms in total. The fourth-order valence-electron chi connectivity index (χ4n) is 3.74. The quantitative estimate of drug-likeness (QED) is 0.734. The lowest BCUT2D eigenvalue weighted by atomic mass is 9.75. The standard InChI is InChI=1S/C17H33NO3/c1-11(2)13-6-5-12(3)9-15(13)21-16-10-14(18)17(16)20-8-7-19-4/h11-17H,5-10,18H2,1-4H3. The summed E-state index contributed by atoms with van der Waals surface area (Å²) in [4.78, 5) is 0. The van der Waals surface area contributed by atoms with Gasteiger partial charge in [-0.25, -0.2) is 0 Å². The van der Waals surface area contributed by atoms with Gasteiger partial charge in [-0.15, -0.1) is 0 Å². The predicted octanol–water partition coefficient (Wildman–Crippen LogP) is 2.60. The van der Waals surface area contributed by atoms with Crippen LogP contribution < -0.4 is 5.73 Å². The molecule has 2 saturated carbocycles. The zero-order valence-corrected chi connectivity index (χ0v) is 14.1. The highest BCUT2D eigenvalue weighted by Gasteiger charge is 2.44. The number of methoxy groups -OCH3 is 1. The molecule has 0 aliphatic heterocycles. The van der Waals surface area contributed by atoms with Crippen molar-refractivity contribution in [3.63, 3.8) is 0 Å². The predicted molar refractivity (Wildman–Crippen MR) is 84.2 cm³/mol. The first-order chi connectivity index (χ1) is 10.0. The molecular formula is C17H33NO3. The van der Waals surface area contributed by atoms with E-state index in [-0.39, 0.29) is 18.2 Å². The highest BCUT2D eigenvalue weighted by Crippen LogP contribution is 2.38. The zero-order chi connectivity index (χ0) is 15.4. The molecule has 0 aromatic heterocycles. The lowest BCUT2D eigenvalue weighted by molar-refractivity contribution is -0.185. The Kier molecular flexibility index (Phi) is 6.48. The molecule has 6 atom stereocenters. The van der Waals surface area contributed by atoms with Gasteiger partial charge in [0, 0.05) is 13.2 Å². The van der Waals surface area contributed by atoms with Gasteiger partial charge in [-0.05, 0) is 37.0 Å². The van der Waals surface area contributed by atoms with E-state index in [1.807, 2.05) is 0 Å². The fraction of sp³-hybridized carbons (Fsp3) is 1.00. The van der Waals surface area contributed by atoms with Crippen LogP contribution in [0, 0.1) is 17.8 Å². The third kappa shape index (κ3) is 4.41. The van der Waals surface area contributed by atoms with E-state index in [0.29, 0.717) is 31.2 Å². The van der Waals surface area contributed by atoms with Gasteiger partial charge in [-0.3, -0.25) is 0 Å². The molecule has 2 fully saturated rings. The highest BCUT2D eigenvalue weighted by molar-refractivity contribution is 4.96. The second kappa shape index (κ2) is 7.91. The Morgan fingerprint density at radius 1 is 1.10 bits per heavy atom. The molecule has 2 aliphatic rings. The molecular weight excluding hydrogens is 266 g/mol. The molecule has 4 heteroatoms. The summed E-state index contributed by atoms with van der Waals surface area (Å²) < 4.78 is 17.3. The monoisotopic (exact) mass is 299 g/mol. The Morgan fingerprint density at radius 3 is 2.48 bits per heavy atom. The summed E-state index contributed by atoms with van der Waals surface area (Å²) in [7, 11) is 1.69. The van der Waals surface area contributed by atoms with Crippen molar-refractivity contribution in [3.05, 3.63) is 0 Å².